The first-order valence-electron chi connectivity index (χ1n) is 6.83. The van der Waals surface area contributed by atoms with Crippen molar-refractivity contribution in [2.45, 2.75) is 39.7 Å². The Morgan fingerprint density at radius 3 is 2.86 bits per heavy atom. The maximum Gasteiger partial charge on any atom is 0.290 e. The number of hydrogen-bond donors (Lipinski definition) is 1. The molecule has 0 aliphatic rings. The van der Waals surface area contributed by atoms with Gasteiger partial charge in [-0.25, -0.2) is 4.98 Å². The van der Waals surface area contributed by atoms with Gasteiger partial charge in [-0.2, -0.15) is 0 Å². The second-order valence-electron chi connectivity index (χ2n) is 4.90. The van der Waals surface area contributed by atoms with E-state index in [1.54, 1.807) is 0 Å². The summed E-state index contributed by atoms with van der Waals surface area (Å²) in [7, 11) is 0. The SMILES string of the molecule is CCOc1cc(C(=O)N[C@@](C)(CC)c2nc(C)cs2)on1. The van der Waals surface area contributed by atoms with Gasteiger partial charge >= 0.3 is 0 Å². The molecule has 0 fully saturated rings. The summed E-state index contributed by atoms with van der Waals surface area (Å²) in [6.45, 7) is 8.20. The van der Waals surface area contributed by atoms with Gasteiger partial charge in [0.25, 0.3) is 11.8 Å². The summed E-state index contributed by atoms with van der Waals surface area (Å²) in [5, 5.41) is 9.50. The van der Waals surface area contributed by atoms with Gasteiger partial charge in [0.2, 0.25) is 5.76 Å². The van der Waals surface area contributed by atoms with Crippen LogP contribution in [0.5, 0.6) is 5.88 Å². The van der Waals surface area contributed by atoms with Crippen molar-refractivity contribution in [1.29, 1.82) is 0 Å². The molecule has 7 heteroatoms. The Hall–Kier alpha value is -1.89. The van der Waals surface area contributed by atoms with Crippen molar-refractivity contribution >= 4 is 17.2 Å². The van der Waals surface area contributed by atoms with Gasteiger partial charge in [-0.3, -0.25) is 4.79 Å². The monoisotopic (exact) mass is 309 g/mol. The normalized spacial score (nSPS) is 13.7. The summed E-state index contributed by atoms with van der Waals surface area (Å²) >= 11 is 1.53. The lowest BCUT2D eigenvalue weighted by atomic mass is 9.99. The van der Waals surface area contributed by atoms with Crippen LogP contribution in [-0.2, 0) is 5.54 Å². The number of amides is 1. The van der Waals surface area contributed by atoms with Crippen LogP contribution in [-0.4, -0.2) is 22.7 Å². The van der Waals surface area contributed by atoms with Crippen molar-refractivity contribution in [2.24, 2.45) is 0 Å². The molecule has 21 heavy (non-hydrogen) atoms. The number of rotatable bonds is 6. The van der Waals surface area contributed by atoms with E-state index in [-0.39, 0.29) is 11.7 Å². The van der Waals surface area contributed by atoms with E-state index < -0.39 is 5.54 Å². The molecule has 0 aliphatic carbocycles. The van der Waals surface area contributed by atoms with Crippen LogP contribution >= 0.6 is 11.3 Å². The minimum atomic E-state index is -0.533. The number of carbonyl (C=O) groups excluding carboxylic acids is 1. The van der Waals surface area contributed by atoms with Gasteiger partial charge in [-0.15, -0.1) is 11.3 Å². The standard InChI is InChI=1S/C14H19N3O3S/c1-5-14(4,13-15-9(3)8-21-13)16-12(18)10-7-11(17-20-10)19-6-2/h7-8H,5-6H2,1-4H3,(H,16,18)/t14-/m0/s1. The van der Waals surface area contributed by atoms with Crippen molar-refractivity contribution < 1.29 is 14.1 Å². The van der Waals surface area contributed by atoms with Crippen LogP contribution in [0.15, 0.2) is 16.0 Å². The third-order valence-electron chi connectivity index (χ3n) is 3.19. The minimum absolute atomic E-state index is 0.131. The highest BCUT2D eigenvalue weighted by Gasteiger charge is 2.31. The Morgan fingerprint density at radius 1 is 1.52 bits per heavy atom. The summed E-state index contributed by atoms with van der Waals surface area (Å²) in [5.41, 5.74) is 0.413. The van der Waals surface area contributed by atoms with E-state index in [1.807, 2.05) is 33.1 Å². The van der Waals surface area contributed by atoms with Crippen LogP contribution in [0.3, 0.4) is 0 Å². The summed E-state index contributed by atoms with van der Waals surface area (Å²) in [6.07, 6.45) is 0.720. The summed E-state index contributed by atoms with van der Waals surface area (Å²) in [5.74, 6) is 0.114. The molecule has 0 aromatic carbocycles. The first-order valence-corrected chi connectivity index (χ1v) is 7.71. The van der Waals surface area contributed by atoms with Crippen molar-refractivity contribution in [1.82, 2.24) is 15.5 Å². The Labute approximate surface area is 127 Å². The van der Waals surface area contributed by atoms with Gasteiger partial charge in [0, 0.05) is 11.1 Å². The second kappa shape index (κ2) is 6.26. The van der Waals surface area contributed by atoms with Crippen LogP contribution in [0.1, 0.15) is 48.4 Å². The molecule has 1 amide bonds. The van der Waals surface area contributed by atoms with Gasteiger partial charge in [0.1, 0.15) is 5.01 Å². The van der Waals surface area contributed by atoms with E-state index in [0.29, 0.717) is 12.5 Å². The fourth-order valence-corrected chi connectivity index (χ4v) is 2.78. The molecule has 0 aliphatic heterocycles. The molecule has 2 aromatic rings. The zero-order valence-corrected chi connectivity index (χ0v) is 13.4. The summed E-state index contributed by atoms with van der Waals surface area (Å²) in [6, 6.07) is 1.49. The first kappa shape index (κ1) is 15.5. The number of thiazole rings is 1. The van der Waals surface area contributed by atoms with Crippen LogP contribution in [0, 0.1) is 6.92 Å². The predicted molar refractivity (Wildman–Crippen MR) is 79.6 cm³/mol. The molecule has 0 radical (unpaired) electrons. The largest absolute Gasteiger partial charge is 0.476 e. The highest BCUT2D eigenvalue weighted by Crippen LogP contribution is 2.28. The number of carbonyl (C=O) groups is 1. The van der Waals surface area contributed by atoms with Gasteiger partial charge in [-0.05, 0) is 32.3 Å². The smallest absolute Gasteiger partial charge is 0.290 e. The molecule has 6 nitrogen and oxygen atoms in total. The van der Waals surface area contributed by atoms with Crippen LogP contribution < -0.4 is 10.1 Å². The lowest BCUT2D eigenvalue weighted by Gasteiger charge is -2.26. The predicted octanol–water partition coefficient (Wildman–Crippen LogP) is 2.89. The molecular formula is C14H19N3O3S. The molecule has 2 heterocycles. The highest BCUT2D eigenvalue weighted by atomic mass is 32.1. The van der Waals surface area contributed by atoms with E-state index in [2.05, 4.69) is 15.5 Å². The number of nitrogens with one attached hydrogen (secondary N) is 1. The lowest BCUT2D eigenvalue weighted by Crippen LogP contribution is -2.42. The molecule has 0 bridgehead atoms. The number of ether oxygens (including phenoxy) is 1. The number of aromatic nitrogens is 2. The van der Waals surface area contributed by atoms with Crippen molar-refractivity contribution in [2.75, 3.05) is 6.61 Å². The Bertz CT molecular complexity index is 623. The van der Waals surface area contributed by atoms with E-state index in [0.717, 1.165) is 17.1 Å². The summed E-state index contributed by atoms with van der Waals surface area (Å²) < 4.78 is 10.2. The lowest BCUT2D eigenvalue weighted by molar-refractivity contribution is 0.0863. The van der Waals surface area contributed by atoms with Gasteiger partial charge in [0.15, 0.2) is 0 Å². The maximum atomic E-state index is 12.3. The highest BCUT2D eigenvalue weighted by molar-refractivity contribution is 7.09. The third kappa shape index (κ3) is 3.41. The quantitative estimate of drug-likeness (QED) is 0.887. The van der Waals surface area contributed by atoms with E-state index in [1.165, 1.54) is 17.4 Å². The Balaban J connectivity index is 2.15. The average molecular weight is 309 g/mol. The third-order valence-corrected chi connectivity index (χ3v) is 4.42. The van der Waals surface area contributed by atoms with E-state index in [4.69, 9.17) is 9.26 Å². The van der Waals surface area contributed by atoms with Crippen molar-refractivity contribution in [3.8, 4) is 5.88 Å². The molecule has 2 aromatic heterocycles. The molecule has 0 saturated carbocycles. The molecule has 0 saturated heterocycles. The van der Waals surface area contributed by atoms with Crippen LogP contribution in [0.2, 0.25) is 0 Å². The molecule has 1 atom stereocenters. The molecule has 2 rings (SSSR count). The number of hydrogen-bond acceptors (Lipinski definition) is 6. The van der Waals surface area contributed by atoms with Crippen LogP contribution in [0.25, 0.3) is 0 Å². The molecule has 0 unspecified atom stereocenters. The zero-order chi connectivity index (χ0) is 15.5. The van der Waals surface area contributed by atoms with Gasteiger partial charge < -0.3 is 14.6 Å². The van der Waals surface area contributed by atoms with Crippen molar-refractivity contribution in [3.05, 3.63) is 27.9 Å². The van der Waals surface area contributed by atoms with E-state index >= 15 is 0 Å². The topological polar surface area (TPSA) is 77.2 Å². The molecule has 0 spiro atoms. The van der Waals surface area contributed by atoms with Crippen LogP contribution in [0.4, 0.5) is 0 Å². The minimum Gasteiger partial charge on any atom is -0.476 e. The molecule has 114 valence electrons. The molecular weight excluding hydrogens is 290 g/mol. The second-order valence-corrected chi connectivity index (χ2v) is 5.75. The number of aryl methyl sites for hydroxylation is 1. The zero-order valence-electron chi connectivity index (χ0n) is 12.6. The number of nitrogens with zero attached hydrogens (tertiary/aromatic N) is 2. The molecule has 1 N–H and O–H groups in total. The Morgan fingerprint density at radius 2 is 2.29 bits per heavy atom. The maximum absolute atomic E-state index is 12.3. The summed E-state index contributed by atoms with van der Waals surface area (Å²) in [4.78, 5) is 16.8. The van der Waals surface area contributed by atoms with Crippen molar-refractivity contribution in [3.63, 3.8) is 0 Å². The van der Waals surface area contributed by atoms with Gasteiger partial charge in [0.05, 0.1) is 18.2 Å². The fraction of sp³-hybridized carbons (Fsp3) is 0.500. The van der Waals surface area contributed by atoms with Gasteiger partial charge in [-0.1, -0.05) is 6.92 Å². The fourth-order valence-electron chi connectivity index (χ4n) is 1.79. The first-order chi connectivity index (χ1) is 9.98. The average Bonchev–Trinajstić information content (AvgIpc) is 3.08. The van der Waals surface area contributed by atoms with E-state index in [9.17, 15) is 4.79 Å². The Kier molecular flexibility index (Phi) is 4.62.